The summed E-state index contributed by atoms with van der Waals surface area (Å²) in [6.07, 6.45) is 2.74. The third kappa shape index (κ3) is 21.6. The zero-order chi connectivity index (χ0) is 88.8. The van der Waals surface area contributed by atoms with E-state index in [9.17, 15) is 36.7 Å². The fourth-order valence-corrected chi connectivity index (χ4v) is 19.6. The summed E-state index contributed by atoms with van der Waals surface area (Å²) in [4.78, 5) is 69.1. The Morgan fingerprint density at radius 3 is 0.976 bits per heavy atom. The quantitative estimate of drug-likeness (QED) is 0.0994. The number of halogens is 16. The molecule has 4 aliphatic heterocycles. The minimum absolute atomic E-state index is 0.0161. The number of rotatable bonds is 14. The normalized spacial score (nSPS) is 18.9. The van der Waals surface area contributed by atoms with Crippen molar-refractivity contribution in [3.05, 3.63) is 395 Å². The van der Waals surface area contributed by atoms with E-state index < -0.39 is 29.2 Å². The van der Waals surface area contributed by atoms with Gasteiger partial charge in [0, 0.05) is 142 Å². The first-order valence-corrected chi connectivity index (χ1v) is 45.2. The van der Waals surface area contributed by atoms with Gasteiger partial charge >= 0.3 is 0 Å². The maximum absolute atomic E-state index is 13.7. The zero-order valence-electron chi connectivity index (χ0n) is 67.2. The van der Waals surface area contributed by atoms with Gasteiger partial charge in [-0.05, 0) is 210 Å². The lowest BCUT2D eigenvalue weighted by molar-refractivity contribution is -0.135. The smallest absolute Gasteiger partial charge is 0.254 e. The molecule has 2 saturated carbocycles. The van der Waals surface area contributed by atoms with E-state index in [0.29, 0.717) is 145 Å². The molecule has 2 aliphatic carbocycles. The molecule has 6 fully saturated rings. The number of benzene rings is 12. The highest BCUT2D eigenvalue weighted by atomic mass is 35.5. The molecule has 4 amide bonds. The molecule has 6 atom stereocenters. The molecule has 648 valence electrons. The largest absolute Gasteiger partial charge is 0.360 e. The minimum atomic E-state index is -1.05. The average molecular weight is 1940 g/mol. The van der Waals surface area contributed by atoms with Gasteiger partial charge in [0.2, 0.25) is 11.8 Å². The molecule has 0 spiro atoms. The third-order valence-corrected chi connectivity index (χ3v) is 26.8. The number of anilines is 4. The van der Waals surface area contributed by atoms with Gasteiger partial charge in [-0.1, -0.05) is 248 Å². The van der Waals surface area contributed by atoms with E-state index >= 15 is 0 Å². The fraction of sp³-hybridized carbons (Fsp3) is 0.224. The monoisotopic (exact) mass is 1930 g/mol. The van der Waals surface area contributed by atoms with Crippen molar-refractivity contribution < 1.29 is 36.7 Å². The van der Waals surface area contributed by atoms with Crippen LogP contribution < -0.4 is 19.6 Å². The van der Waals surface area contributed by atoms with Gasteiger partial charge in [0.1, 0.15) is 11.6 Å². The summed E-state index contributed by atoms with van der Waals surface area (Å²) in [6.45, 7) is 6.25. The van der Waals surface area contributed by atoms with Crippen LogP contribution in [0.1, 0.15) is 103 Å². The SMILES string of the molecule is O=C(N1CCN(c2ccc(Cl)cc2Cl)C(c2ccc(Cl)cc2)C1)C1(c2ccccc2)CC1.O=C([C@@H]1C[C@H]1c1ccccc1)N1CCN(c2ccc(Cl)cc2Cl)C(c2ccc(Cl)cc2)C1.O=C(c1cc(F)cc(F)c1)N1CCN(c2ccc(Cl)cc2Cl)C(c2ccc(Cl)cc2)C1.O=C(c1ccc(F)c(F)c1)N1CCN(c2ccc(Cl)cc2Cl)C(c2ccc(Cl)cc2)C1. The van der Waals surface area contributed by atoms with Crippen LogP contribution in [-0.4, -0.2) is 122 Å². The van der Waals surface area contributed by atoms with Crippen molar-refractivity contribution in [2.75, 3.05) is 98.1 Å². The third-order valence-electron chi connectivity index (χ3n) is 23.7. The van der Waals surface area contributed by atoms with Crippen molar-refractivity contribution in [1.82, 2.24) is 19.6 Å². The van der Waals surface area contributed by atoms with Crippen LogP contribution in [0.5, 0.6) is 0 Å². The van der Waals surface area contributed by atoms with Crippen molar-refractivity contribution in [3.8, 4) is 0 Å². The summed E-state index contributed by atoms with van der Waals surface area (Å²) >= 11 is 74.8. The molecule has 12 aromatic rings. The van der Waals surface area contributed by atoms with Crippen LogP contribution in [0.3, 0.4) is 0 Å². The van der Waals surface area contributed by atoms with Gasteiger partial charge in [0.25, 0.3) is 11.8 Å². The van der Waals surface area contributed by atoms with E-state index in [0.717, 1.165) is 100 Å². The van der Waals surface area contributed by atoms with Crippen molar-refractivity contribution in [1.29, 1.82) is 0 Å². The molecule has 4 unspecified atom stereocenters. The van der Waals surface area contributed by atoms with E-state index in [4.69, 9.17) is 139 Å². The van der Waals surface area contributed by atoms with Crippen molar-refractivity contribution in [2.45, 2.75) is 54.8 Å². The first-order valence-electron chi connectivity index (χ1n) is 40.7. The Hall–Kier alpha value is -9.08. The Labute approximate surface area is 789 Å². The maximum atomic E-state index is 13.7. The topological polar surface area (TPSA) is 94.2 Å². The Bertz CT molecular complexity index is 5920. The van der Waals surface area contributed by atoms with E-state index in [2.05, 4.69) is 43.9 Å². The van der Waals surface area contributed by atoms with Crippen LogP contribution >= 0.6 is 139 Å². The molecule has 0 radical (unpaired) electrons. The Balaban J connectivity index is 0.000000130. The summed E-state index contributed by atoms with van der Waals surface area (Å²) in [6, 6.07) is 78.1. The highest BCUT2D eigenvalue weighted by molar-refractivity contribution is 6.38. The van der Waals surface area contributed by atoms with Crippen LogP contribution in [0.15, 0.2) is 267 Å². The van der Waals surface area contributed by atoms with Gasteiger partial charge < -0.3 is 39.2 Å². The van der Waals surface area contributed by atoms with Gasteiger partial charge in [-0.3, -0.25) is 19.2 Å². The number of amides is 4. The second-order valence-electron chi connectivity index (χ2n) is 31.6. The van der Waals surface area contributed by atoms with Gasteiger partial charge in [-0.2, -0.15) is 0 Å². The van der Waals surface area contributed by atoms with Crippen molar-refractivity contribution >= 4 is 186 Å². The minimum Gasteiger partial charge on any atom is -0.360 e. The predicted octanol–water partition coefficient (Wildman–Crippen LogP) is 26.9. The van der Waals surface area contributed by atoms with Gasteiger partial charge in [0.05, 0.1) is 72.4 Å². The van der Waals surface area contributed by atoms with Gasteiger partial charge in [-0.25, -0.2) is 17.6 Å². The number of carbonyl (C=O) groups is 4. The van der Waals surface area contributed by atoms with Crippen LogP contribution in [0.2, 0.25) is 60.3 Å². The summed E-state index contributed by atoms with van der Waals surface area (Å²) in [5.74, 6) is -3.52. The first-order chi connectivity index (χ1) is 60.6. The maximum Gasteiger partial charge on any atom is 0.254 e. The molecule has 0 N–H and O–H groups in total. The zero-order valence-corrected chi connectivity index (χ0v) is 76.3. The Morgan fingerprint density at radius 2 is 0.619 bits per heavy atom. The molecule has 0 aromatic heterocycles. The molecule has 126 heavy (non-hydrogen) atoms. The van der Waals surface area contributed by atoms with Crippen molar-refractivity contribution in [3.63, 3.8) is 0 Å². The molecular formula is C98H80Cl12F4N8O4. The lowest BCUT2D eigenvalue weighted by atomic mass is 9.93. The van der Waals surface area contributed by atoms with E-state index in [-0.39, 0.29) is 64.3 Å². The molecule has 12 aromatic carbocycles. The predicted molar refractivity (Wildman–Crippen MR) is 504 cm³/mol. The average Bonchev–Trinajstić information content (AvgIpc) is 1.58. The summed E-state index contributed by atoms with van der Waals surface area (Å²) < 4.78 is 54.2. The fourth-order valence-electron chi connectivity index (χ4n) is 17.0. The summed E-state index contributed by atoms with van der Waals surface area (Å²) in [7, 11) is 0. The number of hydrogen-bond donors (Lipinski definition) is 0. The second-order valence-corrected chi connectivity index (χ2v) is 36.7. The molecule has 28 heteroatoms. The number of piperazine rings is 4. The van der Waals surface area contributed by atoms with Crippen LogP contribution in [0.4, 0.5) is 40.3 Å². The molecule has 6 aliphatic rings. The lowest BCUT2D eigenvalue weighted by Crippen LogP contribution is -2.53. The summed E-state index contributed by atoms with van der Waals surface area (Å²) in [5.41, 5.74) is 9.60. The number of nitrogens with zero attached hydrogens (tertiary/aromatic N) is 8. The summed E-state index contributed by atoms with van der Waals surface area (Å²) in [5, 5.41) is 7.08. The highest BCUT2D eigenvalue weighted by Crippen LogP contribution is 2.52. The van der Waals surface area contributed by atoms with E-state index in [1.807, 2.05) is 155 Å². The Morgan fingerprint density at radius 1 is 0.294 bits per heavy atom. The second kappa shape index (κ2) is 40.7. The van der Waals surface area contributed by atoms with E-state index in [1.54, 1.807) is 70.5 Å². The molecule has 12 nitrogen and oxygen atoms in total. The van der Waals surface area contributed by atoms with Crippen molar-refractivity contribution in [2.24, 2.45) is 5.92 Å². The number of carbonyl (C=O) groups excluding carboxylic acids is 4. The molecule has 0 bridgehead atoms. The van der Waals surface area contributed by atoms with Gasteiger partial charge in [0.15, 0.2) is 11.6 Å². The van der Waals surface area contributed by atoms with Gasteiger partial charge in [-0.15, -0.1) is 0 Å². The standard InChI is InChI=1S/2C26H23Cl3N2O.2C23H17Cl3F2N2O/c27-19-8-6-18(7-9-19)25-16-30(12-13-31(25)24-11-10-20(28)14-23(24)29)26(32)22-15-21(22)17-4-2-1-3-5-17;27-20-8-6-18(7-9-20)24-17-30(14-15-31(24)23-11-10-21(28)16-22(23)29)25(32)26(12-13-26)19-4-2-1-3-5-19;24-16-4-1-14(2-5-16)22-13-29(23(31)15-3-7-19(27)20(28)11-15)9-10-30(22)21-8-6-17(25)12-18(21)26;24-16-3-1-14(2-4-16)22-13-29(23(31)15-9-18(27)12-19(28)10-15)7-8-30(22)21-6-5-17(25)11-20(21)26/h1-11,14,21-22,25H,12-13,15-16H2;1-11,16,24H,12-15,17H2;1-8,11-12,22H,9-10,13H2;1-6,9-12,22H,7-8,13H2/t21-,22+,25?;;;/m0.../s1. The Kier molecular flexibility index (Phi) is 29.6. The lowest BCUT2D eigenvalue weighted by Gasteiger charge is -2.44. The molecular weight excluding hydrogens is 1850 g/mol. The highest BCUT2D eigenvalue weighted by Gasteiger charge is 2.54. The van der Waals surface area contributed by atoms with E-state index in [1.165, 1.54) is 11.6 Å². The molecule has 4 heterocycles. The first kappa shape index (κ1) is 91.7. The number of hydrogen-bond acceptors (Lipinski definition) is 8. The molecule has 18 rings (SSSR count). The van der Waals surface area contributed by atoms with Crippen LogP contribution in [-0.2, 0) is 15.0 Å². The molecule has 4 saturated heterocycles. The van der Waals surface area contributed by atoms with Crippen LogP contribution in [0.25, 0.3) is 0 Å². The van der Waals surface area contributed by atoms with Crippen LogP contribution in [0, 0.1) is 29.2 Å².